The maximum absolute atomic E-state index is 11.3. The van der Waals surface area contributed by atoms with Crippen LogP contribution in [-0.2, 0) is 16.4 Å². The Hall–Kier alpha value is -1.95. The van der Waals surface area contributed by atoms with Gasteiger partial charge in [-0.15, -0.1) is 0 Å². The number of pyridine rings is 2. The van der Waals surface area contributed by atoms with Gasteiger partial charge >= 0.3 is 0 Å². The minimum absolute atomic E-state index is 0.0793. The molecule has 0 aliphatic rings. The molecule has 0 bridgehead atoms. The van der Waals surface area contributed by atoms with Crippen molar-refractivity contribution in [2.75, 3.05) is 11.6 Å². The highest BCUT2D eigenvalue weighted by Gasteiger charge is 2.07. The molecule has 19 heavy (non-hydrogen) atoms. The Bertz CT molecular complexity index is 667. The Labute approximate surface area is 112 Å². The number of aromatic nitrogens is 2. The minimum atomic E-state index is -3.24. The summed E-state index contributed by atoms with van der Waals surface area (Å²) < 4.78 is 22.6. The van der Waals surface area contributed by atoms with Crippen LogP contribution in [0.5, 0.6) is 0 Å². The van der Waals surface area contributed by atoms with Crippen LogP contribution in [0.3, 0.4) is 0 Å². The molecule has 0 aromatic carbocycles. The number of sulfone groups is 1. The Balaban J connectivity index is 2.07. The first-order chi connectivity index (χ1) is 8.97. The van der Waals surface area contributed by atoms with Crippen LogP contribution in [0.4, 0.5) is 5.69 Å². The van der Waals surface area contributed by atoms with E-state index in [1.807, 2.05) is 13.0 Å². The lowest BCUT2D eigenvalue weighted by Gasteiger charge is -2.08. The van der Waals surface area contributed by atoms with Gasteiger partial charge in [-0.3, -0.25) is 4.98 Å². The SMILES string of the molecule is Cc1ccncc1CNc1ccc(S(C)(=O)=O)nc1. The normalized spacial score (nSPS) is 11.3. The molecule has 100 valence electrons. The molecular weight excluding hydrogens is 262 g/mol. The van der Waals surface area contributed by atoms with Gasteiger partial charge in [0.15, 0.2) is 14.9 Å². The van der Waals surface area contributed by atoms with Crippen molar-refractivity contribution in [1.29, 1.82) is 0 Å². The van der Waals surface area contributed by atoms with Gasteiger partial charge in [-0.1, -0.05) is 0 Å². The third-order valence-electron chi connectivity index (χ3n) is 2.75. The first-order valence-corrected chi connectivity index (χ1v) is 7.65. The molecule has 0 spiro atoms. The summed E-state index contributed by atoms with van der Waals surface area (Å²) in [7, 11) is -3.24. The molecule has 0 saturated heterocycles. The van der Waals surface area contributed by atoms with Gasteiger partial charge in [0.25, 0.3) is 0 Å². The van der Waals surface area contributed by atoms with E-state index in [0.717, 1.165) is 23.1 Å². The number of anilines is 1. The fourth-order valence-electron chi connectivity index (χ4n) is 1.58. The van der Waals surface area contributed by atoms with Crippen LogP contribution in [-0.4, -0.2) is 24.6 Å². The average molecular weight is 277 g/mol. The summed E-state index contributed by atoms with van der Waals surface area (Å²) in [5.74, 6) is 0. The molecule has 0 unspecified atom stereocenters. The maximum Gasteiger partial charge on any atom is 0.192 e. The summed E-state index contributed by atoms with van der Waals surface area (Å²) in [5, 5.41) is 3.26. The molecule has 0 atom stereocenters. The summed E-state index contributed by atoms with van der Waals surface area (Å²) in [6.45, 7) is 2.64. The summed E-state index contributed by atoms with van der Waals surface area (Å²) >= 11 is 0. The van der Waals surface area contributed by atoms with Crippen LogP contribution in [0.2, 0.25) is 0 Å². The summed E-state index contributed by atoms with van der Waals surface area (Å²) in [6, 6.07) is 5.14. The molecule has 0 radical (unpaired) electrons. The van der Waals surface area contributed by atoms with Crippen molar-refractivity contribution >= 4 is 15.5 Å². The first kappa shape index (κ1) is 13.5. The van der Waals surface area contributed by atoms with Crippen molar-refractivity contribution in [1.82, 2.24) is 9.97 Å². The van der Waals surface area contributed by atoms with E-state index < -0.39 is 9.84 Å². The average Bonchev–Trinajstić information content (AvgIpc) is 2.37. The minimum Gasteiger partial charge on any atom is -0.380 e. The molecule has 0 aliphatic carbocycles. The van der Waals surface area contributed by atoms with Crippen LogP contribution in [0.15, 0.2) is 41.8 Å². The molecule has 6 heteroatoms. The molecule has 0 amide bonds. The smallest absolute Gasteiger partial charge is 0.192 e. The van der Waals surface area contributed by atoms with Gasteiger partial charge < -0.3 is 5.32 Å². The van der Waals surface area contributed by atoms with Crippen molar-refractivity contribution in [3.05, 3.63) is 47.9 Å². The van der Waals surface area contributed by atoms with E-state index in [9.17, 15) is 8.42 Å². The van der Waals surface area contributed by atoms with E-state index in [0.29, 0.717) is 6.54 Å². The standard InChI is InChI=1S/C13H15N3O2S/c1-10-5-6-14-7-11(10)8-15-12-3-4-13(16-9-12)19(2,17)18/h3-7,9,15H,8H2,1-2H3. The van der Waals surface area contributed by atoms with E-state index in [1.54, 1.807) is 18.5 Å². The van der Waals surface area contributed by atoms with E-state index >= 15 is 0 Å². The molecule has 2 heterocycles. The Kier molecular flexibility index (Phi) is 3.80. The van der Waals surface area contributed by atoms with Crippen molar-refractivity contribution < 1.29 is 8.42 Å². The van der Waals surface area contributed by atoms with Gasteiger partial charge in [0.05, 0.1) is 11.9 Å². The largest absolute Gasteiger partial charge is 0.380 e. The number of hydrogen-bond acceptors (Lipinski definition) is 5. The van der Waals surface area contributed by atoms with Crippen molar-refractivity contribution in [3.63, 3.8) is 0 Å². The van der Waals surface area contributed by atoms with Gasteiger partial charge in [-0.25, -0.2) is 13.4 Å². The first-order valence-electron chi connectivity index (χ1n) is 5.76. The van der Waals surface area contributed by atoms with Crippen LogP contribution in [0.25, 0.3) is 0 Å². The summed E-state index contributed by atoms with van der Waals surface area (Å²) in [5.41, 5.74) is 3.02. The predicted octanol–water partition coefficient (Wildman–Crippen LogP) is 1.80. The Morgan fingerprint density at radius 1 is 1.21 bits per heavy atom. The number of aryl methyl sites for hydroxylation is 1. The zero-order chi connectivity index (χ0) is 13.9. The summed E-state index contributed by atoms with van der Waals surface area (Å²) in [4.78, 5) is 7.99. The zero-order valence-electron chi connectivity index (χ0n) is 10.8. The third kappa shape index (κ3) is 3.51. The Morgan fingerprint density at radius 3 is 2.58 bits per heavy atom. The van der Waals surface area contributed by atoms with Crippen molar-refractivity contribution in [3.8, 4) is 0 Å². The molecule has 0 saturated carbocycles. The van der Waals surface area contributed by atoms with Gasteiger partial charge in [-0.2, -0.15) is 0 Å². The van der Waals surface area contributed by atoms with Crippen LogP contribution in [0.1, 0.15) is 11.1 Å². The third-order valence-corrected chi connectivity index (χ3v) is 3.75. The number of nitrogens with zero attached hydrogens (tertiary/aromatic N) is 2. The van der Waals surface area contributed by atoms with Crippen LogP contribution in [0, 0.1) is 6.92 Å². The highest BCUT2D eigenvalue weighted by molar-refractivity contribution is 7.90. The van der Waals surface area contributed by atoms with Crippen LogP contribution >= 0.6 is 0 Å². The monoisotopic (exact) mass is 277 g/mol. The summed E-state index contributed by atoms with van der Waals surface area (Å²) in [6.07, 6.45) is 6.21. The second-order valence-corrected chi connectivity index (χ2v) is 6.28. The van der Waals surface area contributed by atoms with Gasteiger partial charge in [-0.05, 0) is 36.2 Å². The molecule has 2 aromatic rings. The lowest BCUT2D eigenvalue weighted by atomic mass is 10.1. The van der Waals surface area contributed by atoms with Gasteiger partial charge in [0.2, 0.25) is 0 Å². The highest BCUT2D eigenvalue weighted by Crippen LogP contribution is 2.12. The second-order valence-electron chi connectivity index (χ2n) is 4.31. The molecular formula is C13H15N3O2S. The number of rotatable bonds is 4. The number of nitrogens with one attached hydrogen (secondary N) is 1. The second kappa shape index (κ2) is 5.36. The quantitative estimate of drug-likeness (QED) is 0.922. The fraction of sp³-hybridized carbons (Fsp3) is 0.231. The van der Waals surface area contributed by atoms with E-state index in [2.05, 4.69) is 15.3 Å². The van der Waals surface area contributed by atoms with Crippen LogP contribution < -0.4 is 5.32 Å². The molecule has 5 nitrogen and oxygen atoms in total. The maximum atomic E-state index is 11.3. The Morgan fingerprint density at radius 2 is 2.00 bits per heavy atom. The molecule has 1 N–H and O–H groups in total. The lowest BCUT2D eigenvalue weighted by Crippen LogP contribution is -2.04. The van der Waals surface area contributed by atoms with Gasteiger partial charge in [0, 0.05) is 25.2 Å². The molecule has 0 fully saturated rings. The van der Waals surface area contributed by atoms with Crippen molar-refractivity contribution in [2.24, 2.45) is 0 Å². The van der Waals surface area contributed by atoms with Crippen molar-refractivity contribution in [2.45, 2.75) is 18.5 Å². The van der Waals surface area contributed by atoms with E-state index in [4.69, 9.17) is 0 Å². The lowest BCUT2D eigenvalue weighted by molar-refractivity contribution is 0.598. The fourth-order valence-corrected chi connectivity index (χ4v) is 2.14. The zero-order valence-corrected chi connectivity index (χ0v) is 11.6. The topological polar surface area (TPSA) is 72.0 Å². The molecule has 0 aliphatic heterocycles. The van der Waals surface area contributed by atoms with E-state index in [-0.39, 0.29) is 5.03 Å². The number of hydrogen-bond donors (Lipinski definition) is 1. The van der Waals surface area contributed by atoms with E-state index in [1.165, 1.54) is 12.3 Å². The highest BCUT2D eigenvalue weighted by atomic mass is 32.2. The molecule has 2 rings (SSSR count). The molecule has 2 aromatic heterocycles. The predicted molar refractivity (Wildman–Crippen MR) is 73.6 cm³/mol. The van der Waals surface area contributed by atoms with Gasteiger partial charge in [0.1, 0.15) is 0 Å².